The molecule has 0 aliphatic carbocycles. The molecule has 5 heteroatoms. The van der Waals surface area contributed by atoms with E-state index in [2.05, 4.69) is 5.32 Å². The highest BCUT2D eigenvalue weighted by molar-refractivity contribution is 6.31. The molecule has 114 valence electrons. The topological polar surface area (TPSA) is 49.4 Å². The Morgan fingerprint density at radius 1 is 1.33 bits per heavy atom. The van der Waals surface area contributed by atoms with Gasteiger partial charge in [-0.2, -0.15) is 0 Å². The Kier molecular flexibility index (Phi) is 4.28. The zero-order valence-electron chi connectivity index (χ0n) is 12.9. The molecule has 1 aliphatic rings. The third kappa shape index (κ3) is 3.38. The predicted molar refractivity (Wildman–Crippen MR) is 83.0 cm³/mol. The van der Waals surface area contributed by atoms with Gasteiger partial charge in [0.2, 0.25) is 11.8 Å². The number of carbonyl (C=O) groups is 2. The quantitative estimate of drug-likeness (QED) is 0.912. The molecule has 1 fully saturated rings. The molecule has 0 radical (unpaired) electrons. The zero-order valence-corrected chi connectivity index (χ0v) is 13.6. The molecule has 1 heterocycles. The van der Waals surface area contributed by atoms with Crippen molar-refractivity contribution >= 4 is 23.4 Å². The first-order valence-corrected chi connectivity index (χ1v) is 7.40. The number of rotatable bonds is 2. The van der Waals surface area contributed by atoms with Gasteiger partial charge in [0.1, 0.15) is 6.04 Å². The molecular weight excluding hydrogens is 288 g/mol. The summed E-state index contributed by atoms with van der Waals surface area (Å²) in [5, 5.41) is 3.29. The average Bonchev–Trinajstić information content (AvgIpc) is 2.35. The van der Waals surface area contributed by atoms with Crippen LogP contribution in [0.25, 0.3) is 0 Å². The number of nitrogens with one attached hydrogen (secondary N) is 1. The van der Waals surface area contributed by atoms with E-state index >= 15 is 0 Å². The van der Waals surface area contributed by atoms with Crippen molar-refractivity contribution in [3.8, 4) is 0 Å². The van der Waals surface area contributed by atoms with Gasteiger partial charge in [-0.3, -0.25) is 9.59 Å². The summed E-state index contributed by atoms with van der Waals surface area (Å²) in [6.07, 6.45) is 0. The van der Waals surface area contributed by atoms with Crippen molar-refractivity contribution in [1.82, 2.24) is 10.2 Å². The largest absolute Gasteiger partial charge is 0.345 e. The summed E-state index contributed by atoms with van der Waals surface area (Å²) in [6.45, 7) is 8.24. The predicted octanol–water partition coefficient (Wildman–Crippen LogP) is 2.52. The van der Waals surface area contributed by atoms with Crippen LogP contribution >= 0.6 is 11.6 Å². The van der Waals surface area contributed by atoms with Crippen molar-refractivity contribution in [2.75, 3.05) is 6.54 Å². The fourth-order valence-electron chi connectivity index (χ4n) is 2.65. The normalized spacial score (nSPS) is 19.7. The van der Waals surface area contributed by atoms with Crippen molar-refractivity contribution < 1.29 is 9.59 Å². The summed E-state index contributed by atoms with van der Waals surface area (Å²) < 4.78 is 0. The van der Waals surface area contributed by atoms with E-state index in [1.54, 1.807) is 4.90 Å². The Bertz CT molecular complexity index is 578. The zero-order chi connectivity index (χ0) is 15.8. The maximum Gasteiger partial charge on any atom is 0.243 e. The highest BCUT2D eigenvalue weighted by Gasteiger charge is 2.42. The van der Waals surface area contributed by atoms with Gasteiger partial charge in [0.05, 0.1) is 6.54 Å². The van der Waals surface area contributed by atoms with Crippen LogP contribution in [0.1, 0.15) is 31.9 Å². The molecule has 0 saturated carbocycles. The summed E-state index contributed by atoms with van der Waals surface area (Å²) in [7, 11) is 0. The molecule has 0 aromatic heterocycles. The second-order valence-electron chi connectivity index (χ2n) is 6.60. The number of aryl methyl sites for hydroxylation is 1. The van der Waals surface area contributed by atoms with Crippen LogP contribution in [0.2, 0.25) is 5.02 Å². The Hall–Kier alpha value is -1.55. The Morgan fingerprint density at radius 3 is 2.57 bits per heavy atom. The molecule has 1 N–H and O–H groups in total. The number of hydrogen-bond donors (Lipinski definition) is 1. The monoisotopic (exact) mass is 308 g/mol. The minimum absolute atomic E-state index is 0.0505. The molecular formula is C16H21ClN2O2. The smallest absolute Gasteiger partial charge is 0.243 e. The number of halogens is 1. The minimum atomic E-state index is -0.490. The fraction of sp³-hybridized carbons (Fsp3) is 0.500. The van der Waals surface area contributed by atoms with E-state index in [1.807, 2.05) is 45.9 Å². The van der Waals surface area contributed by atoms with Crippen molar-refractivity contribution in [1.29, 1.82) is 0 Å². The van der Waals surface area contributed by atoms with Crippen LogP contribution in [0.3, 0.4) is 0 Å². The SMILES string of the molecule is Cc1ccc(CN2C(=O)CNC(=O)C2C(C)(C)C)c(Cl)c1. The lowest BCUT2D eigenvalue weighted by Gasteiger charge is -2.42. The molecule has 1 atom stereocenters. The number of nitrogens with zero attached hydrogens (tertiary/aromatic N) is 1. The summed E-state index contributed by atoms with van der Waals surface area (Å²) >= 11 is 6.26. The van der Waals surface area contributed by atoms with Crippen molar-refractivity contribution in [3.05, 3.63) is 34.3 Å². The number of piperazine rings is 1. The molecule has 2 rings (SSSR count). The maximum atomic E-state index is 12.2. The second-order valence-corrected chi connectivity index (χ2v) is 7.01. The van der Waals surface area contributed by atoms with E-state index in [-0.39, 0.29) is 23.8 Å². The van der Waals surface area contributed by atoms with E-state index in [0.29, 0.717) is 11.6 Å². The molecule has 0 spiro atoms. The van der Waals surface area contributed by atoms with Gasteiger partial charge >= 0.3 is 0 Å². The lowest BCUT2D eigenvalue weighted by molar-refractivity contribution is -0.150. The fourth-order valence-corrected chi connectivity index (χ4v) is 2.95. The number of carbonyl (C=O) groups excluding carboxylic acids is 2. The third-order valence-corrected chi connectivity index (χ3v) is 4.02. The molecule has 4 nitrogen and oxygen atoms in total. The van der Waals surface area contributed by atoms with Gasteiger partial charge in [-0.1, -0.05) is 44.5 Å². The lowest BCUT2D eigenvalue weighted by atomic mass is 9.83. The Balaban J connectivity index is 2.33. The summed E-state index contributed by atoms with van der Waals surface area (Å²) in [5.74, 6) is -0.184. The van der Waals surface area contributed by atoms with Gasteiger partial charge in [-0.15, -0.1) is 0 Å². The van der Waals surface area contributed by atoms with E-state index in [4.69, 9.17) is 11.6 Å². The minimum Gasteiger partial charge on any atom is -0.345 e. The van der Waals surface area contributed by atoms with Crippen LogP contribution in [-0.2, 0) is 16.1 Å². The van der Waals surface area contributed by atoms with Crippen LogP contribution in [-0.4, -0.2) is 29.3 Å². The van der Waals surface area contributed by atoms with Gasteiger partial charge in [0.25, 0.3) is 0 Å². The van der Waals surface area contributed by atoms with E-state index in [9.17, 15) is 9.59 Å². The highest BCUT2D eigenvalue weighted by Crippen LogP contribution is 2.29. The standard InChI is InChI=1S/C16H21ClN2O2/c1-10-5-6-11(12(17)7-10)9-19-13(20)8-18-15(21)14(19)16(2,3)4/h5-7,14H,8-9H2,1-4H3,(H,18,21). The Morgan fingerprint density at radius 2 is 2.00 bits per heavy atom. The van der Waals surface area contributed by atoms with Crippen LogP contribution in [0.5, 0.6) is 0 Å². The van der Waals surface area contributed by atoms with Gasteiger partial charge in [-0.25, -0.2) is 0 Å². The van der Waals surface area contributed by atoms with Gasteiger partial charge in [-0.05, 0) is 29.5 Å². The van der Waals surface area contributed by atoms with E-state index < -0.39 is 6.04 Å². The highest BCUT2D eigenvalue weighted by atomic mass is 35.5. The second kappa shape index (κ2) is 5.68. The summed E-state index contributed by atoms with van der Waals surface area (Å²) in [5.41, 5.74) is 1.59. The van der Waals surface area contributed by atoms with Crippen LogP contribution < -0.4 is 5.32 Å². The summed E-state index contributed by atoms with van der Waals surface area (Å²) in [6, 6.07) is 5.26. The lowest BCUT2D eigenvalue weighted by Crippen LogP contribution is -2.62. The molecule has 0 bridgehead atoms. The number of benzene rings is 1. The molecule has 2 amide bonds. The van der Waals surface area contributed by atoms with E-state index in [0.717, 1.165) is 11.1 Å². The average molecular weight is 309 g/mol. The van der Waals surface area contributed by atoms with Crippen molar-refractivity contribution in [2.24, 2.45) is 5.41 Å². The molecule has 21 heavy (non-hydrogen) atoms. The van der Waals surface area contributed by atoms with Crippen LogP contribution in [0, 0.1) is 12.3 Å². The first kappa shape index (κ1) is 15.8. The summed E-state index contributed by atoms with van der Waals surface area (Å²) in [4.78, 5) is 26.1. The van der Waals surface area contributed by atoms with E-state index in [1.165, 1.54) is 0 Å². The molecule has 1 unspecified atom stereocenters. The number of amides is 2. The number of hydrogen-bond acceptors (Lipinski definition) is 2. The maximum absolute atomic E-state index is 12.2. The first-order valence-electron chi connectivity index (χ1n) is 7.02. The van der Waals surface area contributed by atoms with Gasteiger partial charge in [0, 0.05) is 11.6 Å². The molecule has 1 saturated heterocycles. The van der Waals surface area contributed by atoms with Crippen molar-refractivity contribution in [3.63, 3.8) is 0 Å². The first-order chi connectivity index (χ1) is 9.70. The third-order valence-electron chi connectivity index (χ3n) is 3.66. The molecule has 1 aliphatic heterocycles. The molecule has 1 aromatic rings. The Labute approximate surface area is 130 Å². The van der Waals surface area contributed by atoms with Crippen LogP contribution in [0.15, 0.2) is 18.2 Å². The molecule has 1 aromatic carbocycles. The van der Waals surface area contributed by atoms with Crippen LogP contribution in [0.4, 0.5) is 0 Å². The van der Waals surface area contributed by atoms with Crippen molar-refractivity contribution in [2.45, 2.75) is 40.3 Å². The van der Waals surface area contributed by atoms with Gasteiger partial charge in [0.15, 0.2) is 0 Å². The van der Waals surface area contributed by atoms with Gasteiger partial charge < -0.3 is 10.2 Å².